The Labute approximate surface area is 169 Å². The summed E-state index contributed by atoms with van der Waals surface area (Å²) in [5.41, 5.74) is 1.39. The van der Waals surface area contributed by atoms with Crippen LogP contribution in [0, 0.1) is 10.8 Å². The van der Waals surface area contributed by atoms with Crippen molar-refractivity contribution in [1.29, 1.82) is 0 Å². The average Bonchev–Trinajstić information content (AvgIpc) is 2.49. The number of hydrogen-bond acceptors (Lipinski definition) is 2. The van der Waals surface area contributed by atoms with Crippen molar-refractivity contribution in [2.75, 3.05) is 13.2 Å². The van der Waals surface area contributed by atoms with Gasteiger partial charge in [0.05, 0.1) is 18.3 Å². The van der Waals surface area contributed by atoms with Gasteiger partial charge in [-0.05, 0) is 56.9 Å². The number of rotatable bonds is 9. The lowest BCUT2D eigenvalue weighted by molar-refractivity contribution is -0.0907. The Morgan fingerprint density at radius 1 is 0.852 bits per heavy atom. The molecule has 0 aliphatic heterocycles. The number of benzene rings is 1. The zero-order valence-corrected chi connectivity index (χ0v) is 19.6. The predicted molar refractivity (Wildman–Crippen MR) is 117 cm³/mol. The Balaban J connectivity index is 3.14. The summed E-state index contributed by atoms with van der Waals surface area (Å²) in [6.07, 6.45) is 2.24. The van der Waals surface area contributed by atoms with Gasteiger partial charge < -0.3 is 9.47 Å². The molecule has 0 aromatic heterocycles. The highest BCUT2D eigenvalue weighted by Crippen LogP contribution is 2.49. The van der Waals surface area contributed by atoms with Crippen LogP contribution >= 0.6 is 0 Å². The van der Waals surface area contributed by atoms with Crippen LogP contribution < -0.4 is 0 Å². The lowest BCUT2D eigenvalue weighted by Crippen LogP contribution is -2.48. The van der Waals surface area contributed by atoms with Gasteiger partial charge in [0.25, 0.3) is 0 Å². The van der Waals surface area contributed by atoms with E-state index in [0.29, 0.717) is 6.61 Å². The van der Waals surface area contributed by atoms with E-state index in [9.17, 15) is 0 Å². The van der Waals surface area contributed by atoms with Crippen LogP contribution in [-0.2, 0) is 14.9 Å². The van der Waals surface area contributed by atoms with Gasteiger partial charge >= 0.3 is 0 Å². The van der Waals surface area contributed by atoms with Crippen molar-refractivity contribution in [2.24, 2.45) is 10.8 Å². The molecule has 0 saturated heterocycles. The molecular formula is C25H44O2. The van der Waals surface area contributed by atoms with Crippen LogP contribution in [0.2, 0.25) is 0 Å². The molecule has 1 aromatic rings. The van der Waals surface area contributed by atoms with Gasteiger partial charge in [-0.15, -0.1) is 0 Å². The van der Waals surface area contributed by atoms with Gasteiger partial charge in [-0.3, -0.25) is 0 Å². The van der Waals surface area contributed by atoms with E-state index in [1.807, 2.05) is 0 Å². The van der Waals surface area contributed by atoms with E-state index in [1.54, 1.807) is 0 Å². The van der Waals surface area contributed by atoms with E-state index in [-0.39, 0.29) is 27.9 Å². The molecule has 0 radical (unpaired) electrons. The SMILES string of the molecule is CC(C)OCCC(C)(C)OCC(CC(C)(C)C)(c1ccccc1)C(C)(C)C. The molecule has 1 aromatic carbocycles. The first-order valence-electron chi connectivity index (χ1n) is 10.5. The highest BCUT2D eigenvalue weighted by atomic mass is 16.5. The van der Waals surface area contributed by atoms with Crippen molar-refractivity contribution in [2.45, 2.75) is 99.2 Å². The zero-order chi connectivity index (χ0) is 20.9. The second-order valence-electron chi connectivity index (χ2n) is 11.2. The number of ether oxygens (including phenoxy) is 2. The smallest absolute Gasteiger partial charge is 0.0648 e. The van der Waals surface area contributed by atoms with Crippen molar-refractivity contribution < 1.29 is 9.47 Å². The molecule has 0 saturated carbocycles. The van der Waals surface area contributed by atoms with Gasteiger partial charge in [-0.1, -0.05) is 71.9 Å². The van der Waals surface area contributed by atoms with E-state index in [4.69, 9.17) is 9.47 Å². The minimum Gasteiger partial charge on any atom is -0.379 e. The third kappa shape index (κ3) is 7.58. The molecule has 1 atom stereocenters. The van der Waals surface area contributed by atoms with E-state index in [2.05, 4.69) is 99.6 Å². The summed E-state index contributed by atoms with van der Waals surface area (Å²) in [5, 5.41) is 0. The third-order valence-electron chi connectivity index (χ3n) is 5.46. The molecule has 2 heteroatoms. The molecule has 0 amide bonds. The maximum absolute atomic E-state index is 6.62. The largest absolute Gasteiger partial charge is 0.379 e. The molecular weight excluding hydrogens is 332 g/mol. The van der Waals surface area contributed by atoms with Gasteiger partial charge in [0.15, 0.2) is 0 Å². The lowest BCUT2D eigenvalue weighted by Gasteiger charge is -2.50. The van der Waals surface area contributed by atoms with Crippen molar-refractivity contribution in [3.05, 3.63) is 35.9 Å². The van der Waals surface area contributed by atoms with Crippen molar-refractivity contribution in [1.82, 2.24) is 0 Å². The standard InChI is InChI=1S/C25H44O2/c1-20(2)26-17-16-24(9,10)27-19-25(23(6,7)8,18-22(3,4)5)21-14-12-11-13-15-21/h11-15,20H,16-19H2,1-10H3. The molecule has 0 heterocycles. The summed E-state index contributed by atoms with van der Waals surface area (Å²) < 4.78 is 12.4. The molecule has 156 valence electrons. The fraction of sp³-hybridized carbons (Fsp3) is 0.760. The molecule has 27 heavy (non-hydrogen) atoms. The first kappa shape index (κ1) is 24.2. The van der Waals surface area contributed by atoms with Crippen molar-refractivity contribution in [3.8, 4) is 0 Å². The molecule has 0 N–H and O–H groups in total. The van der Waals surface area contributed by atoms with Crippen molar-refractivity contribution >= 4 is 0 Å². The Kier molecular flexibility index (Phi) is 8.14. The summed E-state index contributed by atoms with van der Waals surface area (Å²) >= 11 is 0. The molecule has 0 aliphatic carbocycles. The maximum Gasteiger partial charge on any atom is 0.0648 e. The van der Waals surface area contributed by atoms with Gasteiger partial charge in [0.2, 0.25) is 0 Å². The summed E-state index contributed by atoms with van der Waals surface area (Å²) in [6.45, 7) is 24.0. The summed E-state index contributed by atoms with van der Waals surface area (Å²) in [5.74, 6) is 0. The van der Waals surface area contributed by atoms with Crippen LogP contribution in [0.4, 0.5) is 0 Å². The highest BCUT2D eigenvalue weighted by Gasteiger charge is 2.46. The first-order valence-corrected chi connectivity index (χ1v) is 10.5. The van der Waals surface area contributed by atoms with Gasteiger partial charge in [-0.2, -0.15) is 0 Å². The minimum absolute atomic E-state index is 0.0529. The quantitative estimate of drug-likeness (QED) is 0.461. The van der Waals surface area contributed by atoms with Crippen molar-refractivity contribution in [3.63, 3.8) is 0 Å². The first-order chi connectivity index (χ1) is 12.2. The molecule has 1 rings (SSSR count). The molecule has 1 unspecified atom stereocenters. The maximum atomic E-state index is 6.62. The van der Waals surface area contributed by atoms with Crippen LogP contribution in [0.25, 0.3) is 0 Å². The topological polar surface area (TPSA) is 18.5 Å². The Hall–Kier alpha value is -0.860. The predicted octanol–water partition coefficient (Wildman–Crippen LogP) is 7.02. The average molecular weight is 377 g/mol. The van der Waals surface area contributed by atoms with E-state index in [1.165, 1.54) is 5.56 Å². The van der Waals surface area contributed by atoms with E-state index in [0.717, 1.165) is 19.4 Å². The van der Waals surface area contributed by atoms with Gasteiger partial charge in [0.1, 0.15) is 0 Å². The lowest BCUT2D eigenvalue weighted by atomic mass is 9.57. The summed E-state index contributed by atoms with van der Waals surface area (Å²) in [6, 6.07) is 11.0. The second kappa shape index (κ2) is 9.09. The summed E-state index contributed by atoms with van der Waals surface area (Å²) in [7, 11) is 0. The monoisotopic (exact) mass is 376 g/mol. The fourth-order valence-corrected chi connectivity index (χ4v) is 3.74. The zero-order valence-electron chi connectivity index (χ0n) is 19.6. The Morgan fingerprint density at radius 2 is 1.41 bits per heavy atom. The van der Waals surface area contributed by atoms with E-state index < -0.39 is 0 Å². The minimum atomic E-state index is -0.210. The normalized spacial score (nSPS) is 15.8. The molecule has 0 fully saturated rings. The third-order valence-corrected chi connectivity index (χ3v) is 5.46. The second-order valence-corrected chi connectivity index (χ2v) is 11.2. The van der Waals surface area contributed by atoms with E-state index >= 15 is 0 Å². The molecule has 0 spiro atoms. The van der Waals surface area contributed by atoms with Crippen LogP contribution in [0.5, 0.6) is 0 Å². The number of hydrogen-bond donors (Lipinski definition) is 0. The van der Waals surface area contributed by atoms with Crippen LogP contribution in [0.3, 0.4) is 0 Å². The van der Waals surface area contributed by atoms with Gasteiger partial charge in [0, 0.05) is 12.0 Å². The summed E-state index contributed by atoms with van der Waals surface area (Å²) in [4.78, 5) is 0. The van der Waals surface area contributed by atoms with Gasteiger partial charge in [-0.25, -0.2) is 0 Å². The van der Waals surface area contributed by atoms with Crippen LogP contribution in [0.15, 0.2) is 30.3 Å². The fourth-order valence-electron chi connectivity index (χ4n) is 3.74. The van der Waals surface area contributed by atoms with Crippen LogP contribution in [-0.4, -0.2) is 24.9 Å². The molecule has 0 aliphatic rings. The molecule has 2 nitrogen and oxygen atoms in total. The van der Waals surface area contributed by atoms with Crippen LogP contribution in [0.1, 0.15) is 87.6 Å². The Morgan fingerprint density at radius 3 is 1.85 bits per heavy atom. The highest BCUT2D eigenvalue weighted by molar-refractivity contribution is 5.29. The Bertz CT molecular complexity index is 546. The molecule has 0 bridgehead atoms.